The highest BCUT2D eigenvalue weighted by Gasteiger charge is 2.32. The van der Waals surface area contributed by atoms with Gasteiger partial charge in [-0.1, -0.05) is 47.6 Å². The maximum Gasteiger partial charge on any atom is 0.249 e. The van der Waals surface area contributed by atoms with Crippen molar-refractivity contribution in [3.05, 3.63) is 66.1 Å². The Bertz CT molecular complexity index is 919. The predicted octanol–water partition coefficient (Wildman–Crippen LogP) is 3.56. The molecule has 1 heterocycles. The highest BCUT2D eigenvalue weighted by molar-refractivity contribution is 5.81. The van der Waals surface area contributed by atoms with Crippen LogP contribution in [0.25, 0.3) is 11.4 Å². The van der Waals surface area contributed by atoms with Gasteiger partial charge in [-0.25, -0.2) is 0 Å². The van der Waals surface area contributed by atoms with Gasteiger partial charge in [-0.2, -0.15) is 4.98 Å². The third kappa shape index (κ3) is 4.16. The van der Waals surface area contributed by atoms with Crippen molar-refractivity contribution in [2.75, 3.05) is 7.11 Å². The molecule has 0 saturated heterocycles. The van der Waals surface area contributed by atoms with E-state index >= 15 is 0 Å². The van der Waals surface area contributed by atoms with Gasteiger partial charge in [-0.3, -0.25) is 4.79 Å². The fourth-order valence-electron chi connectivity index (χ4n) is 2.94. The first-order chi connectivity index (χ1) is 13.2. The smallest absolute Gasteiger partial charge is 0.249 e. The summed E-state index contributed by atoms with van der Waals surface area (Å²) in [6, 6.07) is 17.1. The summed E-state index contributed by atoms with van der Waals surface area (Å²) in [5.74, 6) is 1.77. The van der Waals surface area contributed by atoms with Gasteiger partial charge in [0.25, 0.3) is 0 Å². The molecule has 3 aromatic rings. The number of carbonyl (C=O) groups excluding carboxylic acids is 1. The SMILES string of the molecule is COc1cccc(-c2noc(C(Cc3ccccc3)NC(=O)C3CC3)n2)c1. The van der Waals surface area contributed by atoms with Gasteiger partial charge in [-0.05, 0) is 30.5 Å². The van der Waals surface area contributed by atoms with Crippen molar-refractivity contribution >= 4 is 5.91 Å². The molecule has 138 valence electrons. The summed E-state index contributed by atoms with van der Waals surface area (Å²) in [4.78, 5) is 16.9. The molecule has 1 atom stereocenters. The van der Waals surface area contributed by atoms with Crippen LogP contribution in [0.2, 0.25) is 0 Å². The predicted molar refractivity (Wildman–Crippen MR) is 100 cm³/mol. The summed E-state index contributed by atoms with van der Waals surface area (Å²) in [5, 5.41) is 7.17. The summed E-state index contributed by atoms with van der Waals surface area (Å²) in [6.45, 7) is 0. The Morgan fingerprint density at radius 2 is 2.04 bits per heavy atom. The minimum absolute atomic E-state index is 0.0528. The van der Waals surface area contributed by atoms with E-state index in [9.17, 15) is 4.79 Å². The number of benzene rings is 2. The second-order valence-corrected chi connectivity index (χ2v) is 6.71. The van der Waals surface area contributed by atoms with Crippen molar-refractivity contribution in [2.45, 2.75) is 25.3 Å². The molecule has 6 heteroatoms. The minimum Gasteiger partial charge on any atom is -0.497 e. The van der Waals surface area contributed by atoms with Crippen molar-refractivity contribution in [2.24, 2.45) is 5.92 Å². The number of methoxy groups -OCH3 is 1. The highest BCUT2D eigenvalue weighted by Crippen LogP contribution is 2.30. The third-order valence-electron chi connectivity index (χ3n) is 4.62. The molecule has 4 rings (SSSR count). The van der Waals surface area contributed by atoms with Crippen molar-refractivity contribution < 1.29 is 14.1 Å². The molecule has 0 spiro atoms. The first-order valence-electron chi connectivity index (χ1n) is 9.05. The first kappa shape index (κ1) is 17.3. The number of rotatable bonds is 7. The number of nitrogens with one attached hydrogen (secondary N) is 1. The number of amides is 1. The Kier molecular flexibility index (Phi) is 4.87. The number of hydrogen-bond donors (Lipinski definition) is 1. The molecule has 1 amide bonds. The van der Waals surface area contributed by atoms with Crippen LogP contribution in [-0.4, -0.2) is 23.2 Å². The monoisotopic (exact) mass is 363 g/mol. The molecule has 1 unspecified atom stereocenters. The zero-order valence-corrected chi connectivity index (χ0v) is 15.1. The Morgan fingerprint density at radius 1 is 1.22 bits per heavy atom. The Hall–Kier alpha value is -3.15. The Labute approximate surface area is 157 Å². The largest absolute Gasteiger partial charge is 0.497 e. The van der Waals surface area contributed by atoms with Gasteiger partial charge in [0.05, 0.1) is 7.11 Å². The van der Waals surface area contributed by atoms with Gasteiger partial charge in [0.2, 0.25) is 17.6 Å². The molecule has 0 radical (unpaired) electrons. The van der Waals surface area contributed by atoms with E-state index in [-0.39, 0.29) is 17.9 Å². The van der Waals surface area contributed by atoms with E-state index in [0.29, 0.717) is 18.1 Å². The maximum atomic E-state index is 12.3. The molecule has 6 nitrogen and oxygen atoms in total. The van der Waals surface area contributed by atoms with Crippen molar-refractivity contribution in [3.8, 4) is 17.1 Å². The van der Waals surface area contributed by atoms with Crippen LogP contribution in [0.5, 0.6) is 5.75 Å². The lowest BCUT2D eigenvalue weighted by Gasteiger charge is -2.15. The molecule has 2 aromatic carbocycles. The van der Waals surface area contributed by atoms with E-state index in [0.717, 1.165) is 29.7 Å². The molecule has 0 aliphatic heterocycles. The molecule has 1 fully saturated rings. The minimum atomic E-state index is -0.354. The maximum absolute atomic E-state index is 12.3. The van der Waals surface area contributed by atoms with E-state index in [4.69, 9.17) is 9.26 Å². The van der Waals surface area contributed by atoms with E-state index in [1.165, 1.54) is 0 Å². The van der Waals surface area contributed by atoms with Gasteiger partial charge < -0.3 is 14.6 Å². The van der Waals surface area contributed by atoms with Gasteiger partial charge in [-0.15, -0.1) is 0 Å². The molecular formula is C21H21N3O3. The molecule has 0 bridgehead atoms. The van der Waals surface area contributed by atoms with Gasteiger partial charge in [0, 0.05) is 17.9 Å². The second kappa shape index (κ2) is 7.61. The lowest BCUT2D eigenvalue weighted by molar-refractivity contribution is -0.123. The normalized spacial score (nSPS) is 14.6. The van der Waals surface area contributed by atoms with E-state index in [1.807, 2.05) is 54.6 Å². The van der Waals surface area contributed by atoms with E-state index in [1.54, 1.807) is 7.11 Å². The zero-order valence-electron chi connectivity index (χ0n) is 15.1. The average Bonchev–Trinajstić information content (AvgIpc) is 3.45. The van der Waals surface area contributed by atoms with Gasteiger partial charge >= 0.3 is 0 Å². The first-order valence-corrected chi connectivity index (χ1v) is 9.05. The van der Waals surface area contributed by atoms with E-state index < -0.39 is 0 Å². The summed E-state index contributed by atoms with van der Waals surface area (Å²) < 4.78 is 10.8. The number of nitrogens with zero attached hydrogens (tertiary/aromatic N) is 2. The number of aromatic nitrogens is 2. The van der Waals surface area contributed by atoms with Crippen molar-refractivity contribution in [1.29, 1.82) is 0 Å². The zero-order chi connectivity index (χ0) is 18.6. The molecule has 1 aromatic heterocycles. The van der Waals surface area contributed by atoms with Crippen LogP contribution in [0, 0.1) is 5.92 Å². The van der Waals surface area contributed by atoms with Gasteiger partial charge in [0.15, 0.2) is 0 Å². The Morgan fingerprint density at radius 3 is 2.78 bits per heavy atom. The van der Waals surface area contributed by atoms with Crippen LogP contribution in [0.15, 0.2) is 59.1 Å². The number of hydrogen-bond acceptors (Lipinski definition) is 5. The van der Waals surface area contributed by atoms with Crippen molar-refractivity contribution in [1.82, 2.24) is 15.5 Å². The van der Waals surface area contributed by atoms with Crippen molar-refractivity contribution in [3.63, 3.8) is 0 Å². The van der Waals surface area contributed by atoms with E-state index in [2.05, 4.69) is 15.5 Å². The molecule has 1 N–H and O–H groups in total. The fraction of sp³-hybridized carbons (Fsp3) is 0.286. The highest BCUT2D eigenvalue weighted by atomic mass is 16.5. The quantitative estimate of drug-likeness (QED) is 0.694. The lowest BCUT2D eigenvalue weighted by atomic mass is 10.1. The lowest BCUT2D eigenvalue weighted by Crippen LogP contribution is -2.31. The fourth-order valence-corrected chi connectivity index (χ4v) is 2.94. The summed E-state index contributed by atoms with van der Waals surface area (Å²) in [5.41, 5.74) is 1.90. The standard InChI is InChI=1S/C21H21N3O3/c1-26-17-9-5-8-16(13-17)19-23-21(27-24-19)18(22-20(25)15-10-11-15)12-14-6-3-2-4-7-14/h2-9,13,15,18H,10-12H2,1H3,(H,22,25). The van der Waals surface area contributed by atoms with Gasteiger partial charge in [0.1, 0.15) is 11.8 Å². The number of carbonyl (C=O) groups is 1. The summed E-state index contributed by atoms with van der Waals surface area (Å²) in [6.07, 6.45) is 2.49. The molecule has 1 aliphatic carbocycles. The Balaban J connectivity index is 1.59. The third-order valence-corrected chi connectivity index (χ3v) is 4.62. The van der Waals surface area contributed by atoms with Crippen LogP contribution < -0.4 is 10.1 Å². The number of ether oxygens (including phenoxy) is 1. The average molecular weight is 363 g/mol. The van der Waals surface area contributed by atoms with Crippen LogP contribution in [0.4, 0.5) is 0 Å². The molecule has 1 saturated carbocycles. The topological polar surface area (TPSA) is 77.3 Å². The summed E-state index contributed by atoms with van der Waals surface area (Å²) >= 11 is 0. The molecule has 27 heavy (non-hydrogen) atoms. The van der Waals surface area contributed by atoms with Crippen LogP contribution in [0.1, 0.15) is 30.3 Å². The van der Waals surface area contributed by atoms with Crippen LogP contribution in [-0.2, 0) is 11.2 Å². The molecular weight excluding hydrogens is 342 g/mol. The van der Waals surface area contributed by atoms with Crippen LogP contribution in [0.3, 0.4) is 0 Å². The second-order valence-electron chi connectivity index (χ2n) is 6.71. The van der Waals surface area contributed by atoms with Crippen LogP contribution >= 0.6 is 0 Å². The summed E-state index contributed by atoms with van der Waals surface area (Å²) in [7, 11) is 1.62. The molecule has 1 aliphatic rings.